The standard InChI is InChI=1S/C31H37ClFN5O5S/c1-20(2)28(22-9-11-23(32)12-10-22)31(19-39,38-29(40)41)37-27-17-34-16-26(33)25(27)13-14-30(18-35-15-21(3)36-30)44(42,43)24-7-5-4-6-8-24/h4-12,16-17,19-21,28,35-38H,13-15,18H2,1-3H3,(H,40,41)/t21?,28-,30?,31-/m1/s1. The van der Waals surface area contributed by atoms with Crippen LogP contribution in [0.1, 0.15) is 44.2 Å². The number of pyridine rings is 1. The number of nitrogens with one attached hydrogen (secondary N) is 4. The minimum Gasteiger partial charge on any atom is -0.465 e. The number of benzene rings is 2. The summed E-state index contributed by atoms with van der Waals surface area (Å²) in [6.45, 7) is 6.14. The smallest absolute Gasteiger partial charge is 0.406 e. The molecule has 1 fully saturated rings. The average molecular weight is 646 g/mol. The van der Waals surface area contributed by atoms with Gasteiger partial charge in [0.25, 0.3) is 0 Å². The second-order valence-corrected chi connectivity index (χ2v) is 14.1. The predicted molar refractivity (Wildman–Crippen MR) is 167 cm³/mol. The summed E-state index contributed by atoms with van der Waals surface area (Å²) in [5, 5.41) is 22.0. The molecule has 1 aromatic heterocycles. The molecule has 236 valence electrons. The van der Waals surface area contributed by atoms with Crippen molar-refractivity contribution < 1.29 is 27.5 Å². The number of aromatic nitrogens is 1. The highest BCUT2D eigenvalue weighted by atomic mass is 35.5. The fourth-order valence-electron chi connectivity index (χ4n) is 6.05. The van der Waals surface area contributed by atoms with Gasteiger partial charge in [0.1, 0.15) is 10.7 Å². The van der Waals surface area contributed by atoms with Gasteiger partial charge in [-0.2, -0.15) is 0 Å². The molecule has 4 atom stereocenters. The topological polar surface area (TPSA) is 150 Å². The molecule has 2 aromatic carbocycles. The molecule has 44 heavy (non-hydrogen) atoms. The summed E-state index contributed by atoms with van der Waals surface area (Å²) >= 11 is 6.09. The number of amides is 1. The minimum absolute atomic E-state index is 0.0393. The van der Waals surface area contributed by atoms with Gasteiger partial charge in [0.05, 0.1) is 23.0 Å². The number of rotatable bonds is 12. The molecule has 1 aliphatic heterocycles. The molecule has 2 unspecified atom stereocenters. The van der Waals surface area contributed by atoms with Gasteiger partial charge in [-0.25, -0.2) is 17.6 Å². The number of halogens is 2. The molecule has 3 aromatic rings. The molecule has 5 N–H and O–H groups in total. The quantitative estimate of drug-likeness (QED) is 0.141. The molecular weight excluding hydrogens is 609 g/mol. The summed E-state index contributed by atoms with van der Waals surface area (Å²) in [7, 11) is -3.96. The number of piperazine rings is 1. The lowest BCUT2D eigenvalue weighted by Gasteiger charge is -2.42. The predicted octanol–water partition coefficient (Wildman–Crippen LogP) is 4.57. The third-order valence-electron chi connectivity index (χ3n) is 7.95. The van der Waals surface area contributed by atoms with E-state index in [9.17, 15) is 23.1 Å². The number of hydrogen-bond donors (Lipinski definition) is 5. The van der Waals surface area contributed by atoms with Crippen LogP contribution in [-0.2, 0) is 21.1 Å². The van der Waals surface area contributed by atoms with Crippen molar-refractivity contribution in [3.05, 3.63) is 89.0 Å². The Morgan fingerprint density at radius 1 is 1.20 bits per heavy atom. The zero-order chi connectivity index (χ0) is 32.1. The fourth-order valence-corrected chi connectivity index (χ4v) is 8.16. The molecule has 4 rings (SSSR count). The molecule has 0 bridgehead atoms. The first kappa shape index (κ1) is 33.3. The summed E-state index contributed by atoms with van der Waals surface area (Å²) in [5.41, 5.74) is -1.23. The van der Waals surface area contributed by atoms with Crippen molar-refractivity contribution in [1.82, 2.24) is 20.9 Å². The van der Waals surface area contributed by atoms with Crippen LogP contribution in [0.2, 0.25) is 5.02 Å². The highest BCUT2D eigenvalue weighted by Gasteiger charge is 2.48. The van der Waals surface area contributed by atoms with E-state index in [1.165, 1.54) is 18.3 Å². The Balaban J connectivity index is 1.77. The maximum absolute atomic E-state index is 15.6. The van der Waals surface area contributed by atoms with Crippen LogP contribution in [0.25, 0.3) is 0 Å². The van der Waals surface area contributed by atoms with E-state index in [-0.39, 0.29) is 47.5 Å². The van der Waals surface area contributed by atoms with Gasteiger partial charge in [0.2, 0.25) is 0 Å². The van der Waals surface area contributed by atoms with Crippen LogP contribution in [0, 0.1) is 11.7 Å². The molecule has 1 amide bonds. The van der Waals surface area contributed by atoms with Crippen LogP contribution < -0.4 is 21.3 Å². The Labute approximate surface area is 261 Å². The van der Waals surface area contributed by atoms with Gasteiger partial charge in [-0.05, 0) is 55.5 Å². The third-order valence-corrected chi connectivity index (χ3v) is 10.6. The maximum Gasteiger partial charge on any atom is 0.406 e. The normalized spacial score (nSPS) is 20.8. The zero-order valence-corrected chi connectivity index (χ0v) is 26.3. The van der Waals surface area contributed by atoms with E-state index in [1.54, 1.807) is 42.5 Å². The third kappa shape index (κ3) is 6.88. The number of sulfone groups is 1. The Bertz CT molecular complexity index is 1580. The zero-order valence-electron chi connectivity index (χ0n) is 24.7. The molecular formula is C31H37ClFN5O5S. The highest BCUT2D eigenvalue weighted by molar-refractivity contribution is 7.92. The summed E-state index contributed by atoms with van der Waals surface area (Å²) < 4.78 is 43.6. The molecule has 0 saturated carbocycles. The van der Waals surface area contributed by atoms with Crippen molar-refractivity contribution in [1.29, 1.82) is 0 Å². The first-order valence-corrected chi connectivity index (χ1v) is 16.1. The van der Waals surface area contributed by atoms with Crippen molar-refractivity contribution in [2.45, 2.75) is 61.0 Å². The molecule has 2 heterocycles. The number of anilines is 1. The first-order valence-electron chi connectivity index (χ1n) is 14.3. The first-order chi connectivity index (χ1) is 20.8. The number of carbonyl (C=O) groups excluding carboxylic acids is 1. The average Bonchev–Trinajstić information content (AvgIpc) is 2.98. The van der Waals surface area contributed by atoms with Gasteiger partial charge in [-0.1, -0.05) is 55.8 Å². The summed E-state index contributed by atoms with van der Waals surface area (Å²) in [5.74, 6) is -1.79. The van der Waals surface area contributed by atoms with Crippen molar-refractivity contribution in [3.8, 4) is 0 Å². The molecule has 10 nitrogen and oxygen atoms in total. The van der Waals surface area contributed by atoms with Crippen LogP contribution in [0.15, 0.2) is 71.9 Å². The molecule has 13 heteroatoms. The van der Waals surface area contributed by atoms with E-state index < -0.39 is 38.2 Å². The Hall–Kier alpha value is -3.58. The van der Waals surface area contributed by atoms with Gasteiger partial charge < -0.3 is 15.7 Å². The lowest BCUT2D eigenvalue weighted by Crippen LogP contribution is -2.66. The minimum atomic E-state index is -3.96. The summed E-state index contributed by atoms with van der Waals surface area (Å²) in [6.07, 6.45) is 1.15. The summed E-state index contributed by atoms with van der Waals surface area (Å²) in [4.78, 5) is 27.6. The van der Waals surface area contributed by atoms with Crippen LogP contribution in [0.3, 0.4) is 0 Å². The number of aldehydes is 1. The van der Waals surface area contributed by atoms with Crippen LogP contribution in [0.4, 0.5) is 14.9 Å². The van der Waals surface area contributed by atoms with Gasteiger partial charge in [-0.3, -0.25) is 20.4 Å². The highest BCUT2D eigenvalue weighted by Crippen LogP contribution is 2.38. The van der Waals surface area contributed by atoms with Crippen LogP contribution in [-0.4, -0.2) is 60.6 Å². The van der Waals surface area contributed by atoms with Crippen LogP contribution in [0.5, 0.6) is 0 Å². The van der Waals surface area contributed by atoms with Gasteiger partial charge in [-0.15, -0.1) is 0 Å². The lowest BCUT2D eigenvalue weighted by atomic mass is 9.78. The number of carboxylic acid groups (broad SMARTS) is 1. The van der Waals surface area contributed by atoms with E-state index in [0.29, 0.717) is 23.4 Å². The van der Waals surface area contributed by atoms with E-state index in [0.717, 1.165) is 6.20 Å². The largest absolute Gasteiger partial charge is 0.465 e. The molecule has 1 saturated heterocycles. The van der Waals surface area contributed by atoms with Gasteiger partial charge in [0, 0.05) is 35.6 Å². The van der Waals surface area contributed by atoms with E-state index in [1.807, 2.05) is 20.8 Å². The molecule has 0 radical (unpaired) electrons. The number of nitrogens with zero attached hydrogens (tertiary/aromatic N) is 1. The van der Waals surface area contributed by atoms with Gasteiger partial charge in [0.15, 0.2) is 21.8 Å². The van der Waals surface area contributed by atoms with E-state index >= 15 is 4.39 Å². The lowest BCUT2D eigenvalue weighted by molar-refractivity contribution is -0.113. The molecule has 0 aliphatic carbocycles. The Morgan fingerprint density at radius 3 is 2.48 bits per heavy atom. The van der Waals surface area contributed by atoms with Crippen LogP contribution >= 0.6 is 11.6 Å². The number of hydrogen-bond acceptors (Lipinski definition) is 8. The van der Waals surface area contributed by atoms with E-state index in [4.69, 9.17) is 11.6 Å². The monoisotopic (exact) mass is 645 g/mol. The van der Waals surface area contributed by atoms with Crippen molar-refractivity contribution in [2.75, 3.05) is 18.4 Å². The second-order valence-electron chi connectivity index (χ2n) is 11.4. The van der Waals surface area contributed by atoms with Gasteiger partial charge >= 0.3 is 6.09 Å². The Morgan fingerprint density at radius 2 is 1.89 bits per heavy atom. The Kier molecular flexibility index (Phi) is 10.3. The fraction of sp³-hybridized carbons (Fsp3) is 0.387. The second kappa shape index (κ2) is 13.6. The van der Waals surface area contributed by atoms with E-state index in [2.05, 4.69) is 26.3 Å². The summed E-state index contributed by atoms with van der Waals surface area (Å²) in [6, 6.07) is 14.5. The van der Waals surface area contributed by atoms with Crippen molar-refractivity contribution in [3.63, 3.8) is 0 Å². The molecule has 0 spiro atoms. The maximum atomic E-state index is 15.6. The van der Waals surface area contributed by atoms with Crippen molar-refractivity contribution >= 4 is 39.5 Å². The molecule has 1 aliphatic rings. The number of carbonyl (C=O) groups is 2. The van der Waals surface area contributed by atoms with Crippen molar-refractivity contribution in [2.24, 2.45) is 5.92 Å². The SMILES string of the molecule is CC1CNCC(CCc2c(F)cncc2N[C@](C=O)(NC(=O)O)[C@@H](c2ccc(Cl)cc2)C(C)C)(S(=O)(=O)c2ccccc2)N1.